The van der Waals surface area contributed by atoms with E-state index in [0.29, 0.717) is 29.7 Å². The standard InChI is InChI=1S/C23H26ClN3O2/c1-16(2)25-23(28)21-15-29-22(26-21)14-27(13-18-8-7-11-20(24)12-18)17(3)19-9-5-4-6-10-19/h4-12,15-17H,13-14H2,1-3H3,(H,25,28). The first-order valence-electron chi connectivity index (χ1n) is 9.71. The van der Waals surface area contributed by atoms with Gasteiger partial charge in [-0.05, 0) is 44.0 Å². The van der Waals surface area contributed by atoms with Crippen molar-refractivity contribution in [1.29, 1.82) is 0 Å². The van der Waals surface area contributed by atoms with E-state index in [9.17, 15) is 4.79 Å². The number of nitrogens with zero attached hydrogens (tertiary/aromatic N) is 2. The number of aromatic nitrogens is 1. The van der Waals surface area contributed by atoms with Gasteiger partial charge in [0.2, 0.25) is 5.89 Å². The molecule has 0 aliphatic carbocycles. The van der Waals surface area contributed by atoms with Gasteiger partial charge in [-0.2, -0.15) is 0 Å². The molecule has 29 heavy (non-hydrogen) atoms. The Labute approximate surface area is 176 Å². The zero-order valence-electron chi connectivity index (χ0n) is 16.9. The van der Waals surface area contributed by atoms with Crippen LogP contribution in [0, 0.1) is 0 Å². The van der Waals surface area contributed by atoms with Gasteiger partial charge >= 0.3 is 0 Å². The first-order valence-corrected chi connectivity index (χ1v) is 10.1. The van der Waals surface area contributed by atoms with Gasteiger partial charge in [0.05, 0.1) is 6.54 Å². The minimum absolute atomic E-state index is 0.0417. The van der Waals surface area contributed by atoms with E-state index in [1.54, 1.807) is 0 Å². The summed E-state index contributed by atoms with van der Waals surface area (Å²) in [6.45, 7) is 7.11. The van der Waals surface area contributed by atoms with Crippen LogP contribution in [0.15, 0.2) is 65.3 Å². The molecule has 3 aromatic rings. The maximum absolute atomic E-state index is 12.2. The summed E-state index contributed by atoms with van der Waals surface area (Å²) in [6.07, 6.45) is 1.41. The van der Waals surface area contributed by atoms with E-state index in [0.717, 1.165) is 5.56 Å². The zero-order chi connectivity index (χ0) is 20.8. The Kier molecular flexibility index (Phi) is 7.07. The lowest BCUT2D eigenvalue weighted by Gasteiger charge is -2.28. The van der Waals surface area contributed by atoms with Crippen LogP contribution < -0.4 is 5.32 Å². The third kappa shape index (κ3) is 5.92. The van der Waals surface area contributed by atoms with Crippen molar-refractivity contribution in [3.63, 3.8) is 0 Å². The van der Waals surface area contributed by atoms with E-state index in [1.807, 2.05) is 56.3 Å². The summed E-state index contributed by atoms with van der Waals surface area (Å²) < 4.78 is 5.61. The number of halogens is 1. The molecule has 1 N–H and O–H groups in total. The van der Waals surface area contributed by atoms with E-state index < -0.39 is 0 Å². The van der Waals surface area contributed by atoms with Crippen molar-refractivity contribution in [2.75, 3.05) is 0 Å². The smallest absolute Gasteiger partial charge is 0.273 e. The van der Waals surface area contributed by atoms with Crippen molar-refractivity contribution in [3.05, 3.63) is 88.6 Å². The fourth-order valence-electron chi connectivity index (χ4n) is 3.14. The molecule has 1 atom stereocenters. The lowest BCUT2D eigenvalue weighted by atomic mass is 10.1. The second kappa shape index (κ2) is 9.72. The first-order chi connectivity index (χ1) is 13.9. The number of amides is 1. The van der Waals surface area contributed by atoms with Gasteiger partial charge in [0.25, 0.3) is 5.91 Å². The normalized spacial score (nSPS) is 12.3. The van der Waals surface area contributed by atoms with Crippen molar-refractivity contribution in [1.82, 2.24) is 15.2 Å². The van der Waals surface area contributed by atoms with Crippen LogP contribution in [0.2, 0.25) is 5.02 Å². The van der Waals surface area contributed by atoms with Crippen LogP contribution in [0.1, 0.15) is 54.3 Å². The number of hydrogen-bond acceptors (Lipinski definition) is 4. The topological polar surface area (TPSA) is 58.4 Å². The highest BCUT2D eigenvalue weighted by Crippen LogP contribution is 2.25. The summed E-state index contributed by atoms with van der Waals surface area (Å²) in [7, 11) is 0. The van der Waals surface area contributed by atoms with Crippen LogP contribution >= 0.6 is 11.6 Å². The average Bonchev–Trinajstić information content (AvgIpc) is 3.16. The Bertz CT molecular complexity index is 940. The van der Waals surface area contributed by atoms with E-state index in [2.05, 4.69) is 34.3 Å². The lowest BCUT2D eigenvalue weighted by Crippen LogP contribution is -2.30. The maximum Gasteiger partial charge on any atom is 0.273 e. The van der Waals surface area contributed by atoms with Crippen LogP contribution in [-0.2, 0) is 13.1 Å². The summed E-state index contributed by atoms with van der Waals surface area (Å²) in [5, 5.41) is 3.54. The predicted molar refractivity (Wildman–Crippen MR) is 115 cm³/mol. The summed E-state index contributed by atoms with van der Waals surface area (Å²) >= 11 is 6.17. The third-order valence-electron chi connectivity index (χ3n) is 4.65. The number of oxazole rings is 1. The molecule has 3 rings (SSSR count). The number of hydrogen-bond donors (Lipinski definition) is 1. The van der Waals surface area contributed by atoms with Gasteiger partial charge in [-0.1, -0.05) is 54.1 Å². The SMILES string of the molecule is CC(C)NC(=O)c1coc(CN(Cc2cccc(Cl)c2)C(C)c2ccccc2)n1. The number of benzene rings is 2. The molecule has 0 spiro atoms. The molecule has 1 aromatic heterocycles. The Balaban J connectivity index is 1.81. The molecule has 152 valence electrons. The molecule has 0 radical (unpaired) electrons. The largest absolute Gasteiger partial charge is 0.447 e. The lowest BCUT2D eigenvalue weighted by molar-refractivity contribution is 0.0938. The highest BCUT2D eigenvalue weighted by molar-refractivity contribution is 6.30. The van der Waals surface area contributed by atoms with Crippen molar-refractivity contribution >= 4 is 17.5 Å². The van der Waals surface area contributed by atoms with E-state index in [-0.39, 0.29) is 18.0 Å². The quantitative estimate of drug-likeness (QED) is 0.551. The van der Waals surface area contributed by atoms with Gasteiger partial charge in [0.15, 0.2) is 5.69 Å². The highest BCUT2D eigenvalue weighted by atomic mass is 35.5. The predicted octanol–water partition coefficient (Wildman–Crippen LogP) is 5.23. The molecule has 0 bridgehead atoms. The van der Waals surface area contributed by atoms with Crippen molar-refractivity contribution in [3.8, 4) is 0 Å². The molecule has 1 heterocycles. The summed E-state index contributed by atoms with van der Waals surface area (Å²) in [6, 6.07) is 18.3. The Morgan fingerprint density at radius 2 is 1.86 bits per heavy atom. The summed E-state index contributed by atoms with van der Waals surface area (Å²) in [5.41, 5.74) is 2.59. The minimum Gasteiger partial charge on any atom is -0.447 e. The summed E-state index contributed by atoms with van der Waals surface area (Å²) in [5.74, 6) is 0.274. The molecule has 1 unspecified atom stereocenters. The molecule has 2 aromatic carbocycles. The molecule has 1 amide bonds. The first kappa shape index (κ1) is 21.1. The molecule has 0 saturated carbocycles. The van der Waals surface area contributed by atoms with Gasteiger partial charge in [-0.15, -0.1) is 0 Å². The van der Waals surface area contributed by atoms with Crippen LogP contribution in [0.4, 0.5) is 0 Å². The number of nitrogens with one attached hydrogen (secondary N) is 1. The monoisotopic (exact) mass is 411 g/mol. The van der Waals surface area contributed by atoms with Gasteiger partial charge in [0, 0.05) is 23.7 Å². The molecule has 0 aliphatic heterocycles. The zero-order valence-corrected chi connectivity index (χ0v) is 17.7. The summed E-state index contributed by atoms with van der Waals surface area (Å²) in [4.78, 5) is 18.8. The van der Waals surface area contributed by atoms with Crippen LogP contribution in [0.3, 0.4) is 0 Å². The van der Waals surface area contributed by atoms with Gasteiger partial charge in [-0.3, -0.25) is 9.69 Å². The van der Waals surface area contributed by atoms with Gasteiger partial charge in [-0.25, -0.2) is 4.98 Å². The van der Waals surface area contributed by atoms with Crippen LogP contribution in [-0.4, -0.2) is 21.8 Å². The maximum atomic E-state index is 12.2. The minimum atomic E-state index is -0.229. The Morgan fingerprint density at radius 1 is 1.10 bits per heavy atom. The second-order valence-electron chi connectivity index (χ2n) is 7.38. The third-order valence-corrected chi connectivity index (χ3v) is 4.88. The Morgan fingerprint density at radius 3 is 2.55 bits per heavy atom. The number of carbonyl (C=O) groups is 1. The average molecular weight is 412 g/mol. The second-order valence-corrected chi connectivity index (χ2v) is 7.81. The van der Waals surface area contributed by atoms with Gasteiger partial charge in [0.1, 0.15) is 6.26 Å². The molecule has 0 aliphatic rings. The van der Waals surface area contributed by atoms with Crippen molar-refractivity contribution < 1.29 is 9.21 Å². The number of rotatable bonds is 8. The van der Waals surface area contributed by atoms with E-state index >= 15 is 0 Å². The van der Waals surface area contributed by atoms with Gasteiger partial charge < -0.3 is 9.73 Å². The molecule has 6 heteroatoms. The Hall–Kier alpha value is -2.63. The number of carbonyl (C=O) groups excluding carboxylic acids is 1. The van der Waals surface area contributed by atoms with Crippen LogP contribution in [0.5, 0.6) is 0 Å². The highest BCUT2D eigenvalue weighted by Gasteiger charge is 2.20. The fraction of sp³-hybridized carbons (Fsp3) is 0.304. The van der Waals surface area contributed by atoms with Crippen LogP contribution in [0.25, 0.3) is 0 Å². The van der Waals surface area contributed by atoms with Crippen molar-refractivity contribution in [2.45, 2.75) is 45.9 Å². The molecular weight excluding hydrogens is 386 g/mol. The molecule has 5 nitrogen and oxygen atoms in total. The molecule has 0 fully saturated rings. The van der Waals surface area contributed by atoms with E-state index in [4.69, 9.17) is 16.0 Å². The van der Waals surface area contributed by atoms with Crippen molar-refractivity contribution in [2.24, 2.45) is 0 Å². The molecule has 0 saturated heterocycles. The van der Waals surface area contributed by atoms with E-state index in [1.165, 1.54) is 11.8 Å². The fourth-order valence-corrected chi connectivity index (χ4v) is 3.35. The molecular formula is C23H26ClN3O2.